The summed E-state index contributed by atoms with van der Waals surface area (Å²) in [6.45, 7) is 0. The second kappa shape index (κ2) is 6.50. The summed E-state index contributed by atoms with van der Waals surface area (Å²) in [5.41, 5.74) is 0. The van der Waals surface area contributed by atoms with E-state index in [1.165, 1.54) is 25.7 Å². The van der Waals surface area contributed by atoms with Crippen LogP contribution in [0.1, 0.15) is 31.6 Å². The van der Waals surface area contributed by atoms with Crippen molar-refractivity contribution in [2.45, 2.75) is 43.4 Å². The minimum atomic E-state index is 0.447. The molecule has 1 heterocycles. The second-order valence-corrected chi connectivity index (χ2v) is 5.70. The molecule has 0 saturated heterocycles. The molecule has 0 bridgehead atoms. The highest BCUT2D eigenvalue weighted by Crippen LogP contribution is 2.29. The summed E-state index contributed by atoms with van der Waals surface area (Å²) >= 11 is 7.55. The van der Waals surface area contributed by atoms with Gasteiger partial charge in [-0.2, -0.15) is 11.8 Å². The van der Waals surface area contributed by atoms with Gasteiger partial charge >= 0.3 is 6.01 Å². The van der Waals surface area contributed by atoms with E-state index in [0.717, 1.165) is 0 Å². The Hall–Kier alpha value is -0.420. The van der Waals surface area contributed by atoms with Gasteiger partial charge in [-0.3, -0.25) is 0 Å². The van der Waals surface area contributed by atoms with E-state index in [1.54, 1.807) is 0 Å². The topological polar surface area (TPSA) is 51.0 Å². The van der Waals surface area contributed by atoms with Crippen molar-refractivity contribution in [1.29, 1.82) is 0 Å². The van der Waals surface area contributed by atoms with Gasteiger partial charge in [-0.15, -0.1) is 16.7 Å². The molecule has 2 rings (SSSR count). The molecule has 1 fully saturated rings. The van der Waals surface area contributed by atoms with E-state index in [-0.39, 0.29) is 0 Å². The first-order valence-electron chi connectivity index (χ1n) is 6.01. The number of aryl methyl sites for hydroxylation is 1. The Morgan fingerprint density at radius 2 is 2.24 bits per heavy atom. The molecule has 0 amide bonds. The van der Waals surface area contributed by atoms with E-state index in [0.29, 0.717) is 35.5 Å². The summed E-state index contributed by atoms with van der Waals surface area (Å²) in [4.78, 5) is 0. The van der Waals surface area contributed by atoms with Gasteiger partial charge in [-0.1, -0.05) is 17.9 Å². The molecular weight excluding hydrogens is 258 g/mol. The van der Waals surface area contributed by atoms with Crippen LogP contribution in [0, 0.1) is 0 Å². The Kier molecular flexibility index (Phi) is 4.98. The van der Waals surface area contributed by atoms with E-state index < -0.39 is 0 Å². The van der Waals surface area contributed by atoms with E-state index >= 15 is 0 Å². The SMILES string of the molecule is CSC1CCCCC1Nc1nnc(CCCl)o1. The van der Waals surface area contributed by atoms with Gasteiger partial charge in [-0.25, -0.2) is 0 Å². The zero-order chi connectivity index (χ0) is 12.1. The number of anilines is 1. The molecule has 1 aliphatic rings. The van der Waals surface area contributed by atoms with Crippen LogP contribution in [0.15, 0.2) is 4.42 Å². The monoisotopic (exact) mass is 275 g/mol. The molecule has 2 atom stereocenters. The third-order valence-corrected chi connectivity index (χ3v) is 4.45. The van der Waals surface area contributed by atoms with E-state index in [2.05, 4.69) is 21.8 Å². The highest BCUT2D eigenvalue weighted by molar-refractivity contribution is 7.99. The Bertz CT molecular complexity index is 347. The molecule has 2 unspecified atom stereocenters. The van der Waals surface area contributed by atoms with Gasteiger partial charge in [0, 0.05) is 23.6 Å². The van der Waals surface area contributed by atoms with Crippen LogP contribution in [0.4, 0.5) is 6.01 Å². The highest BCUT2D eigenvalue weighted by atomic mass is 35.5. The smallest absolute Gasteiger partial charge is 0.315 e. The summed E-state index contributed by atoms with van der Waals surface area (Å²) < 4.78 is 5.49. The Morgan fingerprint density at radius 1 is 1.41 bits per heavy atom. The molecule has 1 aromatic rings. The van der Waals surface area contributed by atoms with Crippen molar-refractivity contribution in [2.24, 2.45) is 0 Å². The van der Waals surface area contributed by atoms with E-state index in [9.17, 15) is 0 Å². The number of hydrogen-bond donors (Lipinski definition) is 1. The lowest BCUT2D eigenvalue weighted by Crippen LogP contribution is -2.34. The molecule has 0 radical (unpaired) electrons. The molecule has 1 aromatic heterocycles. The van der Waals surface area contributed by atoms with Crippen LogP contribution in [0.2, 0.25) is 0 Å². The van der Waals surface area contributed by atoms with Crippen molar-refractivity contribution in [3.8, 4) is 0 Å². The Morgan fingerprint density at radius 3 is 3.00 bits per heavy atom. The quantitative estimate of drug-likeness (QED) is 0.838. The van der Waals surface area contributed by atoms with Crippen LogP contribution >= 0.6 is 23.4 Å². The van der Waals surface area contributed by atoms with Crippen LogP contribution in [0.3, 0.4) is 0 Å². The van der Waals surface area contributed by atoms with Gasteiger partial charge in [-0.05, 0) is 19.1 Å². The predicted octanol–water partition coefficient (Wildman–Crippen LogP) is 2.94. The lowest BCUT2D eigenvalue weighted by Gasteiger charge is -2.30. The number of rotatable bonds is 5. The molecule has 96 valence electrons. The summed E-state index contributed by atoms with van der Waals surface area (Å²) in [6.07, 6.45) is 7.84. The maximum Gasteiger partial charge on any atom is 0.315 e. The molecule has 1 N–H and O–H groups in total. The summed E-state index contributed by atoms with van der Waals surface area (Å²) in [5, 5.41) is 12.0. The molecular formula is C11H18ClN3OS. The number of hydrogen-bond acceptors (Lipinski definition) is 5. The minimum Gasteiger partial charge on any atom is -0.408 e. The average Bonchev–Trinajstić information content (AvgIpc) is 2.78. The van der Waals surface area contributed by atoms with Crippen molar-refractivity contribution >= 4 is 29.4 Å². The Balaban J connectivity index is 1.93. The zero-order valence-corrected chi connectivity index (χ0v) is 11.6. The lowest BCUT2D eigenvalue weighted by molar-refractivity contribution is 0.451. The van der Waals surface area contributed by atoms with Crippen molar-refractivity contribution in [1.82, 2.24) is 10.2 Å². The van der Waals surface area contributed by atoms with Crippen molar-refractivity contribution in [2.75, 3.05) is 17.5 Å². The molecule has 1 saturated carbocycles. The number of nitrogens with one attached hydrogen (secondary N) is 1. The maximum absolute atomic E-state index is 5.63. The van der Waals surface area contributed by atoms with Crippen LogP contribution in [-0.2, 0) is 6.42 Å². The molecule has 4 nitrogen and oxygen atoms in total. The molecule has 0 spiro atoms. The Labute approximate surface area is 111 Å². The van der Waals surface area contributed by atoms with Crippen molar-refractivity contribution < 1.29 is 4.42 Å². The standard InChI is InChI=1S/C11H18ClN3OS/c1-17-9-5-3-2-4-8(9)13-11-15-14-10(16-11)6-7-12/h8-9H,2-7H2,1H3,(H,13,15). The maximum atomic E-state index is 5.63. The van der Waals surface area contributed by atoms with Crippen LogP contribution < -0.4 is 5.32 Å². The number of nitrogens with zero attached hydrogens (tertiary/aromatic N) is 2. The highest BCUT2D eigenvalue weighted by Gasteiger charge is 2.25. The largest absolute Gasteiger partial charge is 0.408 e. The van der Waals surface area contributed by atoms with Crippen LogP contribution in [-0.4, -0.2) is 33.6 Å². The van der Waals surface area contributed by atoms with Gasteiger partial charge in [0.1, 0.15) is 0 Å². The molecule has 17 heavy (non-hydrogen) atoms. The van der Waals surface area contributed by atoms with Crippen LogP contribution in [0.5, 0.6) is 0 Å². The zero-order valence-electron chi connectivity index (χ0n) is 9.99. The first-order valence-corrected chi connectivity index (χ1v) is 7.83. The van der Waals surface area contributed by atoms with Crippen molar-refractivity contribution in [3.63, 3.8) is 0 Å². The first kappa shape index (κ1) is 13.0. The number of alkyl halides is 1. The summed E-state index contributed by atoms with van der Waals surface area (Å²) in [6, 6.07) is 0.985. The van der Waals surface area contributed by atoms with Gasteiger partial charge in [0.15, 0.2) is 0 Å². The number of thioether (sulfide) groups is 1. The van der Waals surface area contributed by atoms with Gasteiger partial charge in [0.05, 0.1) is 0 Å². The number of aromatic nitrogens is 2. The summed E-state index contributed by atoms with van der Waals surface area (Å²) in [5.74, 6) is 1.12. The fourth-order valence-corrected chi connectivity index (χ4v) is 3.29. The predicted molar refractivity (Wildman–Crippen MR) is 71.9 cm³/mol. The molecule has 6 heteroatoms. The van der Waals surface area contributed by atoms with E-state index in [1.807, 2.05) is 11.8 Å². The lowest BCUT2D eigenvalue weighted by atomic mass is 9.95. The first-order chi connectivity index (χ1) is 8.33. The fraction of sp³-hybridized carbons (Fsp3) is 0.818. The normalized spacial score (nSPS) is 24.8. The van der Waals surface area contributed by atoms with Gasteiger partial charge in [0.2, 0.25) is 5.89 Å². The minimum absolute atomic E-state index is 0.447. The number of halogens is 1. The molecule has 0 aliphatic heterocycles. The average molecular weight is 276 g/mol. The van der Waals surface area contributed by atoms with Gasteiger partial charge in [0.25, 0.3) is 0 Å². The molecule has 0 aromatic carbocycles. The van der Waals surface area contributed by atoms with Crippen LogP contribution in [0.25, 0.3) is 0 Å². The summed E-state index contributed by atoms with van der Waals surface area (Å²) in [7, 11) is 0. The van der Waals surface area contributed by atoms with Gasteiger partial charge < -0.3 is 9.73 Å². The fourth-order valence-electron chi connectivity index (χ4n) is 2.20. The second-order valence-electron chi connectivity index (χ2n) is 4.25. The third kappa shape index (κ3) is 3.52. The van der Waals surface area contributed by atoms with E-state index in [4.69, 9.17) is 16.0 Å². The third-order valence-electron chi connectivity index (χ3n) is 3.09. The van der Waals surface area contributed by atoms with Crippen molar-refractivity contribution in [3.05, 3.63) is 5.89 Å². The molecule has 1 aliphatic carbocycles.